The fourth-order valence-electron chi connectivity index (χ4n) is 3.55. The number of fused-ring (bicyclic) bond motifs is 1. The van der Waals surface area contributed by atoms with E-state index in [1.54, 1.807) is 11.0 Å². The molecule has 0 radical (unpaired) electrons. The number of amides is 1. The number of hydrogen-bond acceptors (Lipinski definition) is 5. The van der Waals surface area contributed by atoms with Gasteiger partial charge < -0.3 is 14.0 Å². The van der Waals surface area contributed by atoms with E-state index in [4.69, 9.17) is 4.52 Å². The van der Waals surface area contributed by atoms with Gasteiger partial charge in [-0.05, 0) is 19.3 Å². The maximum Gasteiger partial charge on any atom is 0.292 e. The Kier molecular flexibility index (Phi) is 4.51. The summed E-state index contributed by atoms with van der Waals surface area (Å²) in [5.41, 5.74) is 1.84. The lowest BCUT2D eigenvalue weighted by Crippen LogP contribution is -2.40. The molecule has 0 fully saturated rings. The zero-order valence-electron chi connectivity index (χ0n) is 15.8. The SMILES string of the molecule is CC(C)Cc1cc(C(=O)N2Cc3nnc(-c4ccccc4)n3[C@@H](C)C2)on1. The van der Waals surface area contributed by atoms with Gasteiger partial charge in [0.2, 0.25) is 5.76 Å². The van der Waals surface area contributed by atoms with Crippen LogP contribution in [-0.4, -0.2) is 37.3 Å². The first-order valence-electron chi connectivity index (χ1n) is 9.27. The van der Waals surface area contributed by atoms with Gasteiger partial charge in [-0.15, -0.1) is 10.2 Å². The highest BCUT2D eigenvalue weighted by molar-refractivity contribution is 5.91. The fraction of sp³-hybridized carbons (Fsp3) is 0.400. The summed E-state index contributed by atoms with van der Waals surface area (Å²) in [5.74, 6) is 2.21. The molecule has 27 heavy (non-hydrogen) atoms. The van der Waals surface area contributed by atoms with Crippen LogP contribution in [0, 0.1) is 5.92 Å². The van der Waals surface area contributed by atoms with Gasteiger partial charge in [0.1, 0.15) is 0 Å². The highest BCUT2D eigenvalue weighted by Crippen LogP contribution is 2.28. The molecule has 0 saturated carbocycles. The Morgan fingerprint density at radius 1 is 1.26 bits per heavy atom. The Hall–Kier alpha value is -2.96. The third kappa shape index (κ3) is 3.37. The molecule has 0 unspecified atom stereocenters. The quantitative estimate of drug-likeness (QED) is 0.709. The van der Waals surface area contributed by atoms with Gasteiger partial charge in [0.25, 0.3) is 5.91 Å². The monoisotopic (exact) mass is 365 g/mol. The van der Waals surface area contributed by atoms with Crippen LogP contribution in [0.1, 0.15) is 48.9 Å². The molecule has 0 saturated heterocycles. The van der Waals surface area contributed by atoms with Crippen molar-refractivity contribution >= 4 is 5.91 Å². The van der Waals surface area contributed by atoms with Crippen LogP contribution in [0.2, 0.25) is 0 Å². The largest absolute Gasteiger partial charge is 0.351 e. The second-order valence-electron chi connectivity index (χ2n) is 7.49. The molecule has 4 rings (SSSR count). The molecule has 1 atom stereocenters. The average Bonchev–Trinajstić information content (AvgIpc) is 3.28. The third-order valence-corrected chi connectivity index (χ3v) is 4.73. The predicted octanol–water partition coefficient (Wildman–Crippen LogP) is 3.35. The summed E-state index contributed by atoms with van der Waals surface area (Å²) >= 11 is 0. The van der Waals surface area contributed by atoms with Crippen LogP contribution in [0.15, 0.2) is 40.9 Å². The first kappa shape index (κ1) is 17.5. The summed E-state index contributed by atoms with van der Waals surface area (Å²) < 4.78 is 7.41. The van der Waals surface area contributed by atoms with Crippen molar-refractivity contribution in [2.24, 2.45) is 5.92 Å². The van der Waals surface area contributed by atoms with Crippen LogP contribution in [-0.2, 0) is 13.0 Å². The summed E-state index contributed by atoms with van der Waals surface area (Å²) in [6.07, 6.45) is 0.794. The molecule has 0 aliphatic carbocycles. The van der Waals surface area contributed by atoms with E-state index in [9.17, 15) is 4.79 Å². The lowest BCUT2D eigenvalue weighted by molar-refractivity contribution is 0.0640. The van der Waals surface area contributed by atoms with E-state index in [-0.39, 0.29) is 17.7 Å². The summed E-state index contributed by atoms with van der Waals surface area (Å²) in [6.45, 7) is 7.27. The molecule has 3 heterocycles. The maximum absolute atomic E-state index is 12.9. The molecule has 0 bridgehead atoms. The van der Waals surface area contributed by atoms with Crippen LogP contribution in [0.25, 0.3) is 11.4 Å². The molecule has 2 aromatic heterocycles. The van der Waals surface area contributed by atoms with Gasteiger partial charge in [-0.3, -0.25) is 4.79 Å². The van der Waals surface area contributed by atoms with Crippen molar-refractivity contribution in [1.82, 2.24) is 24.8 Å². The highest BCUT2D eigenvalue weighted by atomic mass is 16.5. The molecule has 0 N–H and O–H groups in total. The highest BCUT2D eigenvalue weighted by Gasteiger charge is 2.31. The first-order chi connectivity index (χ1) is 13.0. The molecule has 1 aliphatic rings. The molecule has 0 spiro atoms. The van der Waals surface area contributed by atoms with Gasteiger partial charge in [-0.1, -0.05) is 49.3 Å². The molecular weight excluding hydrogens is 342 g/mol. The van der Waals surface area contributed by atoms with E-state index in [2.05, 4.69) is 40.7 Å². The van der Waals surface area contributed by atoms with Crippen molar-refractivity contribution in [2.75, 3.05) is 6.54 Å². The fourth-order valence-corrected chi connectivity index (χ4v) is 3.55. The van der Waals surface area contributed by atoms with E-state index in [1.807, 2.05) is 30.3 Å². The number of carbonyl (C=O) groups is 1. The minimum absolute atomic E-state index is 0.0703. The predicted molar refractivity (Wildman–Crippen MR) is 100.0 cm³/mol. The van der Waals surface area contributed by atoms with Crippen LogP contribution in [0.5, 0.6) is 0 Å². The average molecular weight is 365 g/mol. The van der Waals surface area contributed by atoms with Crippen molar-refractivity contribution in [3.05, 3.63) is 53.7 Å². The Morgan fingerprint density at radius 3 is 2.78 bits per heavy atom. The van der Waals surface area contributed by atoms with Crippen LogP contribution in [0.4, 0.5) is 0 Å². The molecule has 7 nitrogen and oxygen atoms in total. The van der Waals surface area contributed by atoms with E-state index in [0.717, 1.165) is 29.3 Å². The van der Waals surface area contributed by atoms with Crippen molar-refractivity contribution in [2.45, 2.75) is 39.8 Å². The molecule has 1 amide bonds. The third-order valence-electron chi connectivity index (χ3n) is 4.73. The summed E-state index contributed by atoms with van der Waals surface area (Å²) in [6, 6.07) is 11.8. The lowest BCUT2D eigenvalue weighted by atomic mass is 10.1. The van der Waals surface area contributed by atoms with E-state index >= 15 is 0 Å². The summed E-state index contributed by atoms with van der Waals surface area (Å²) in [5, 5.41) is 12.7. The van der Waals surface area contributed by atoms with Crippen LogP contribution < -0.4 is 0 Å². The zero-order valence-corrected chi connectivity index (χ0v) is 15.8. The second-order valence-corrected chi connectivity index (χ2v) is 7.49. The number of aromatic nitrogens is 4. The van der Waals surface area contributed by atoms with Gasteiger partial charge in [0.15, 0.2) is 11.6 Å². The molecule has 7 heteroatoms. The molecule has 1 aliphatic heterocycles. The van der Waals surface area contributed by atoms with Gasteiger partial charge in [0.05, 0.1) is 18.3 Å². The normalized spacial score (nSPS) is 16.6. The molecule has 3 aromatic rings. The Morgan fingerprint density at radius 2 is 2.04 bits per heavy atom. The lowest BCUT2D eigenvalue weighted by Gasteiger charge is -2.32. The summed E-state index contributed by atoms with van der Waals surface area (Å²) in [4.78, 5) is 14.6. The number of benzene rings is 1. The van der Waals surface area contributed by atoms with Crippen LogP contribution >= 0.6 is 0 Å². The Balaban J connectivity index is 1.56. The van der Waals surface area contributed by atoms with E-state index in [1.165, 1.54) is 0 Å². The minimum atomic E-state index is -0.153. The smallest absolute Gasteiger partial charge is 0.292 e. The van der Waals surface area contributed by atoms with Crippen molar-refractivity contribution in [1.29, 1.82) is 0 Å². The Labute approximate surface area is 158 Å². The number of carbonyl (C=O) groups excluding carboxylic acids is 1. The Bertz CT molecular complexity index is 944. The number of hydrogen-bond donors (Lipinski definition) is 0. The van der Waals surface area contributed by atoms with Crippen LogP contribution in [0.3, 0.4) is 0 Å². The van der Waals surface area contributed by atoms with E-state index < -0.39 is 0 Å². The number of rotatable bonds is 4. The molecular formula is C20H23N5O2. The number of nitrogens with zero attached hydrogens (tertiary/aromatic N) is 5. The first-order valence-corrected chi connectivity index (χ1v) is 9.27. The topological polar surface area (TPSA) is 77.0 Å². The molecule has 140 valence electrons. The van der Waals surface area contributed by atoms with Crippen molar-refractivity contribution in [3.8, 4) is 11.4 Å². The van der Waals surface area contributed by atoms with Gasteiger partial charge >= 0.3 is 0 Å². The zero-order chi connectivity index (χ0) is 19.0. The van der Waals surface area contributed by atoms with Gasteiger partial charge in [0, 0.05) is 18.2 Å². The molecule has 1 aromatic carbocycles. The second kappa shape index (κ2) is 6.98. The minimum Gasteiger partial charge on any atom is -0.351 e. The van der Waals surface area contributed by atoms with Crippen molar-refractivity contribution in [3.63, 3.8) is 0 Å². The van der Waals surface area contributed by atoms with Gasteiger partial charge in [-0.2, -0.15) is 0 Å². The van der Waals surface area contributed by atoms with Gasteiger partial charge in [-0.25, -0.2) is 0 Å². The maximum atomic E-state index is 12.9. The van der Waals surface area contributed by atoms with E-state index in [0.29, 0.717) is 19.0 Å². The standard InChI is InChI=1S/C20H23N5O2/c1-13(2)9-16-10-17(27-23-16)20(26)24-11-14(3)25-18(12-24)21-22-19(25)15-7-5-4-6-8-15/h4-8,10,13-14H,9,11-12H2,1-3H3/t14-/m0/s1. The van der Waals surface area contributed by atoms with Crippen molar-refractivity contribution < 1.29 is 9.32 Å². The summed E-state index contributed by atoms with van der Waals surface area (Å²) in [7, 11) is 0.